The second kappa shape index (κ2) is 14.3. The van der Waals surface area contributed by atoms with Crippen LogP contribution in [0.2, 0.25) is 0 Å². The topological polar surface area (TPSA) is 80.4 Å². The maximum atomic E-state index is 11.0. The Morgan fingerprint density at radius 3 is 1.58 bits per heavy atom. The van der Waals surface area contributed by atoms with Crippen LogP contribution in [0, 0.1) is 0 Å². The second-order valence-corrected chi connectivity index (χ2v) is 7.61. The zero-order valence-corrected chi connectivity index (χ0v) is 14.9. The van der Waals surface area contributed by atoms with Crippen LogP contribution in [-0.4, -0.2) is 49.1 Å². The Kier molecular flexibility index (Phi) is 14.3. The Balaban J connectivity index is 0.00000529. The van der Waals surface area contributed by atoms with Crippen LogP contribution in [-0.2, 0) is 16.5 Å². The van der Waals surface area contributed by atoms with E-state index in [1.54, 1.807) is 12.1 Å². The van der Waals surface area contributed by atoms with E-state index in [2.05, 4.69) is 0 Å². The number of unbranched alkanes of at least 4 members (excludes halogenated alkanes) is 9. The van der Waals surface area contributed by atoms with Gasteiger partial charge in [0.1, 0.15) is 0 Å². The Morgan fingerprint density at radius 2 is 1.17 bits per heavy atom. The molecule has 0 atom stereocenters. The summed E-state index contributed by atoms with van der Waals surface area (Å²) in [5, 5.41) is 0. The first-order chi connectivity index (χ1) is 11.0. The first kappa shape index (κ1) is 24.1. The summed E-state index contributed by atoms with van der Waals surface area (Å²) in [7, 11) is -4.07. The van der Waals surface area contributed by atoms with Gasteiger partial charge in [0.05, 0.1) is 4.90 Å². The minimum absolute atomic E-state index is 0. The van der Waals surface area contributed by atoms with Crippen molar-refractivity contribution in [1.29, 1.82) is 0 Å². The Morgan fingerprint density at radius 1 is 0.750 bits per heavy atom. The van der Waals surface area contributed by atoms with Gasteiger partial charge in [-0.1, -0.05) is 63.5 Å². The zero-order chi connectivity index (χ0) is 17.0. The van der Waals surface area contributed by atoms with Crippen LogP contribution in [0.15, 0.2) is 29.2 Å². The fourth-order valence-electron chi connectivity index (χ4n) is 2.72. The molecule has 1 aromatic rings. The van der Waals surface area contributed by atoms with Gasteiger partial charge in [-0.25, -0.2) is 0 Å². The van der Waals surface area contributed by atoms with E-state index in [4.69, 9.17) is 10.3 Å². The van der Waals surface area contributed by atoms with E-state index in [0.717, 1.165) is 31.4 Å². The number of benzene rings is 1. The van der Waals surface area contributed by atoms with Gasteiger partial charge in [-0.05, 0) is 43.5 Å². The summed E-state index contributed by atoms with van der Waals surface area (Å²) in [6.45, 7) is 0.818. The van der Waals surface area contributed by atoms with E-state index in [0.29, 0.717) is 0 Å². The monoisotopic (exact) mass is 365 g/mol. The second-order valence-electron chi connectivity index (χ2n) is 6.19. The third-order valence-corrected chi connectivity index (χ3v) is 5.01. The Labute approximate surface area is 169 Å². The molecule has 1 aromatic carbocycles. The first-order valence-electron chi connectivity index (χ1n) is 8.80. The van der Waals surface area contributed by atoms with E-state index in [1.165, 1.54) is 63.5 Å². The number of aryl methyl sites for hydroxylation is 1. The molecule has 4 nitrogen and oxygen atoms in total. The molecule has 3 N–H and O–H groups in total. The fraction of sp³-hybridized carbons (Fsp3) is 0.667. The SMILES string of the molecule is NCCCCCCCCCCCCc1ccc(S(=O)(=O)O)cc1.[NaH]. The molecule has 0 saturated carbocycles. The van der Waals surface area contributed by atoms with Crippen LogP contribution in [0.4, 0.5) is 0 Å². The van der Waals surface area contributed by atoms with E-state index >= 15 is 0 Å². The van der Waals surface area contributed by atoms with E-state index in [1.807, 2.05) is 0 Å². The Bertz CT molecular complexity index is 518. The molecule has 0 unspecified atom stereocenters. The molecule has 0 aliphatic carbocycles. The van der Waals surface area contributed by atoms with Crippen LogP contribution in [0.25, 0.3) is 0 Å². The van der Waals surface area contributed by atoms with Gasteiger partial charge < -0.3 is 5.73 Å². The summed E-state index contributed by atoms with van der Waals surface area (Å²) in [6, 6.07) is 6.50. The van der Waals surface area contributed by atoms with Gasteiger partial charge in [0.2, 0.25) is 0 Å². The van der Waals surface area contributed by atoms with Crippen LogP contribution in [0.5, 0.6) is 0 Å². The molecule has 0 saturated heterocycles. The normalized spacial score (nSPS) is 11.2. The first-order valence-corrected chi connectivity index (χ1v) is 10.2. The van der Waals surface area contributed by atoms with Crippen molar-refractivity contribution >= 4 is 39.7 Å². The predicted octanol–water partition coefficient (Wildman–Crippen LogP) is 3.69. The molecule has 0 amide bonds. The molecule has 6 heteroatoms. The molecule has 1 rings (SSSR count). The molecule has 0 radical (unpaired) electrons. The zero-order valence-electron chi connectivity index (χ0n) is 14.0. The standard InChI is InChI=1S/C18H31NO3S.Na.H/c19-16-10-8-6-4-2-1-3-5-7-9-11-17-12-14-18(15-13-17)23(20,21)22;;/h12-15H,1-11,16,19H2,(H,20,21,22);;. The van der Waals surface area contributed by atoms with E-state index in [-0.39, 0.29) is 34.5 Å². The van der Waals surface area contributed by atoms with Crippen molar-refractivity contribution in [3.63, 3.8) is 0 Å². The average Bonchev–Trinajstić information content (AvgIpc) is 2.52. The average molecular weight is 366 g/mol. The number of nitrogens with two attached hydrogens (primary N) is 1. The molecule has 0 spiro atoms. The van der Waals surface area contributed by atoms with E-state index in [9.17, 15) is 8.42 Å². The summed E-state index contributed by atoms with van der Waals surface area (Å²) in [4.78, 5) is -0.0345. The van der Waals surface area contributed by atoms with Gasteiger partial charge in [-0.2, -0.15) is 8.42 Å². The van der Waals surface area contributed by atoms with Crippen molar-refractivity contribution < 1.29 is 13.0 Å². The van der Waals surface area contributed by atoms with Crippen LogP contribution >= 0.6 is 0 Å². The molecule has 0 aliphatic heterocycles. The van der Waals surface area contributed by atoms with Crippen molar-refractivity contribution in [3.8, 4) is 0 Å². The summed E-state index contributed by atoms with van der Waals surface area (Å²) in [5.41, 5.74) is 6.59. The van der Waals surface area contributed by atoms with Crippen molar-refractivity contribution in [2.75, 3.05) is 6.54 Å². The van der Waals surface area contributed by atoms with Gasteiger partial charge >= 0.3 is 29.6 Å². The summed E-state index contributed by atoms with van der Waals surface area (Å²) in [5.74, 6) is 0. The van der Waals surface area contributed by atoms with Crippen LogP contribution < -0.4 is 5.73 Å². The molecule has 0 aromatic heterocycles. The summed E-state index contributed by atoms with van der Waals surface area (Å²) in [6.07, 6.45) is 13.6. The maximum absolute atomic E-state index is 11.0. The van der Waals surface area contributed by atoms with Gasteiger partial charge in [0.15, 0.2) is 0 Å². The minimum atomic E-state index is -4.07. The van der Waals surface area contributed by atoms with Crippen molar-refractivity contribution in [2.24, 2.45) is 5.73 Å². The molecule has 0 fully saturated rings. The third-order valence-electron chi connectivity index (χ3n) is 4.14. The number of hydrogen-bond donors (Lipinski definition) is 2. The Hall–Kier alpha value is 0.0900. The number of rotatable bonds is 13. The number of hydrogen-bond acceptors (Lipinski definition) is 3. The molecular weight excluding hydrogens is 333 g/mol. The molecule has 0 aliphatic rings. The summed E-state index contributed by atoms with van der Waals surface area (Å²) < 4.78 is 30.8. The summed E-state index contributed by atoms with van der Waals surface area (Å²) >= 11 is 0. The van der Waals surface area contributed by atoms with E-state index < -0.39 is 10.1 Å². The molecule has 0 heterocycles. The van der Waals surface area contributed by atoms with Gasteiger partial charge in [0.25, 0.3) is 10.1 Å². The fourth-order valence-corrected chi connectivity index (χ4v) is 3.20. The van der Waals surface area contributed by atoms with Gasteiger partial charge in [0, 0.05) is 0 Å². The molecule has 134 valence electrons. The van der Waals surface area contributed by atoms with Crippen LogP contribution in [0.1, 0.15) is 69.8 Å². The van der Waals surface area contributed by atoms with Crippen molar-refractivity contribution in [3.05, 3.63) is 29.8 Å². The third kappa shape index (κ3) is 11.6. The van der Waals surface area contributed by atoms with Gasteiger partial charge in [-0.15, -0.1) is 0 Å². The molecular formula is C18H32NNaO3S. The van der Waals surface area contributed by atoms with Crippen molar-refractivity contribution in [1.82, 2.24) is 0 Å². The molecule has 24 heavy (non-hydrogen) atoms. The predicted molar refractivity (Wildman–Crippen MR) is 102 cm³/mol. The quantitative estimate of drug-likeness (QED) is 0.317. The molecule has 0 bridgehead atoms. The van der Waals surface area contributed by atoms with Crippen molar-refractivity contribution in [2.45, 2.75) is 75.5 Å². The van der Waals surface area contributed by atoms with Crippen LogP contribution in [0.3, 0.4) is 0 Å². The van der Waals surface area contributed by atoms with Gasteiger partial charge in [-0.3, -0.25) is 4.55 Å².